The van der Waals surface area contributed by atoms with E-state index < -0.39 is 0 Å². The highest BCUT2D eigenvalue weighted by molar-refractivity contribution is 7.09. The van der Waals surface area contributed by atoms with E-state index in [4.69, 9.17) is 4.42 Å². The standard InChI is InChI=1S/C5H7NO.C5H7NS/c2*1-4-3-7-5(2)6-4/h2*3H,1-2H3. The van der Waals surface area contributed by atoms with Crippen molar-refractivity contribution in [3.05, 3.63) is 33.9 Å². The van der Waals surface area contributed by atoms with Crippen molar-refractivity contribution < 1.29 is 4.42 Å². The van der Waals surface area contributed by atoms with Gasteiger partial charge in [0.05, 0.1) is 10.7 Å². The first-order chi connectivity index (χ1) is 6.58. The molecular formula is C10H14N2OS. The monoisotopic (exact) mass is 210 g/mol. The average molecular weight is 210 g/mol. The first-order valence-electron chi connectivity index (χ1n) is 4.35. The lowest BCUT2D eigenvalue weighted by atomic mass is 10.6. The maximum absolute atomic E-state index is 4.85. The second kappa shape index (κ2) is 4.91. The second-order valence-electron chi connectivity index (χ2n) is 3.02. The first kappa shape index (κ1) is 10.9. The lowest BCUT2D eigenvalue weighted by Crippen LogP contribution is -1.67. The Kier molecular flexibility index (Phi) is 3.83. The van der Waals surface area contributed by atoms with Crippen molar-refractivity contribution in [3.8, 4) is 0 Å². The molecule has 2 aromatic heterocycles. The zero-order valence-corrected chi connectivity index (χ0v) is 9.68. The van der Waals surface area contributed by atoms with E-state index in [2.05, 4.69) is 15.3 Å². The van der Waals surface area contributed by atoms with Gasteiger partial charge in [0.25, 0.3) is 0 Å². The van der Waals surface area contributed by atoms with Crippen LogP contribution in [-0.4, -0.2) is 9.97 Å². The van der Waals surface area contributed by atoms with Crippen molar-refractivity contribution in [1.29, 1.82) is 0 Å². The van der Waals surface area contributed by atoms with Crippen LogP contribution in [0.15, 0.2) is 16.1 Å². The smallest absolute Gasteiger partial charge is 0.191 e. The van der Waals surface area contributed by atoms with Crippen molar-refractivity contribution in [1.82, 2.24) is 9.97 Å². The minimum Gasteiger partial charge on any atom is -0.449 e. The Balaban J connectivity index is 0.000000140. The van der Waals surface area contributed by atoms with Crippen LogP contribution < -0.4 is 0 Å². The summed E-state index contributed by atoms with van der Waals surface area (Å²) >= 11 is 1.69. The third kappa shape index (κ3) is 3.70. The molecule has 0 amide bonds. The number of thiazole rings is 1. The van der Waals surface area contributed by atoms with E-state index in [0.717, 1.165) is 22.3 Å². The number of aryl methyl sites for hydroxylation is 4. The molecule has 0 aliphatic heterocycles. The fraction of sp³-hybridized carbons (Fsp3) is 0.400. The Bertz CT molecular complexity index is 321. The van der Waals surface area contributed by atoms with Gasteiger partial charge in [-0.3, -0.25) is 0 Å². The zero-order chi connectivity index (χ0) is 10.6. The fourth-order valence-electron chi connectivity index (χ4n) is 0.943. The molecule has 0 aliphatic rings. The molecule has 2 aromatic rings. The number of hydrogen-bond acceptors (Lipinski definition) is 4. The molecule has 0 saturated carbocycles. The average Bonchev–Trinajstić information content (AvgIpc) is 2.63. The third-order valence-electron chi connectivity index (χ3n) is 1.47. The highest BCUT2D eigenvalue weighted by atomic mass is 32.1. The minimum atomic E-state index is 0.734. The van der Waals surface area contributed by atoms with Crippen LogP contribution >= 0.6 is 11.3 Å². The van der Waals surface area contributed by atoms with Gasteiger partial charge in [0, 0.05) is 18.0 Å². The van der Waals surface area contributed by atoms with Gasteiger partial charge in [-0.1, -0.05) is 0 Å². The van der Waals surface area contributed by atoms with Gasteiger partial charge < -0.3 is 4.42 Å². The summed E-state index contributed by atoms with van der Waals surface area (Å²) in [4.78, 5) is 8.07. The molecular weight excluding hydrogens is 196 g/mol. The summed E-state index contributed by atoms with van der Waals surface area (Å²) in [6.07, 6.45) is 1.63. The largest absolute Gasteiger partial charge is 0.449 e. The van der Waals surface area contributed by atoms with Gasteiger partial charge in [0.2, 0.25) is 0 Å². The van der Waals surface area contributed by atoms with Gasteiger partial charge in [-0.05, 0) is 20.8 Å². The van der Waals surface area contributed by atoms with E-state index in [1.54, 1.807) is 17.6 Å². The summed E-state index contributed by atoms with van der Waals surface area (Å²) in [5.41, 5.74) is 2.07. The first-order valence-corrected chi connectivity index (χ1v) is 5.23. The lowest BCUT2D eigenvalue weighted by molar-refractivity contribution is 0.521. The third-order valence-corrected chi connectivity index (χ3v) is 2.36. The number of oxazole rings is 1. The molecule has 76 valence electrons. The van der Waals surface area contributed by atoms with Crippen molar-refractivity contribution in [2.24, 2.45) is 0 Å². The van der Waals surface area contributed by atoms with Gasteiger partial charge in [0.15, 0.2) is 5.89 Å². The Morgan fingerprint density at radius 1 is 1.07 bits per heavy atom. The minimum absolute atomic E-state index is 0.734. The van der Waals surface area contributed by atoms with Crippen LogP contribution in [0.3, 0.4) is 0 Å². The summed E-state index contributed by atoms with van der Waals surface area (Å²) < 4.78 is 4.85. The lowest BCUT2D eigenvalue weighted by Gasteiger charge is -1.71. The van der Waals surface area contributed by atoms with E-state index >= 15 is 0 Å². The van der Waals surface area contributed by atoms with Crippen molar-refractivity contribution >= 4 is 11.3 Å². The van der Waals surface area contributed by atoms with E-state index in [1.807, 2.05) is 27.7 Å². The van der Waals surface area contributed by atoms with E-state index in [9.17, 15) is 0 Å². The molecule has 2 rings (SSSR count). The molecule has 0 N–H and O–H groups in total. The number of aromatic nitrogens is 2. The summed E-state index contributed by atoms with van der Waals surface area (Å²) in [6.45, 7) is 7.74. The molecule has 2 heterocycles. The molecule has 0 radical (unpaired) electrons. The molecule has 0 aliphatic carbocycles. The molecule has 14 heavy (non-hydrogen) atoms. The summed E-state index contributed by atoms with van der Waals surface area (Å²) in [5.74, 6) is 0.734. The highest BCUT2D eigenvalue weighted by Crippen LogP contribution is 2.04. The number of rotatable bonds is 0. The van der Waals surface area contributed by atoms with Crippen LogP contribution in [0.25, 0.3) is 0 Å². The molecule has 4 heteroatoms. The van der Waals surface area contributed by atoms with Crippen LogP contribution in [0.4, 0.5) is 0 Å². The van der Waals surface area contributed by atoms with Crippen LogP contribution in [0.5, 0.6) is 0 Å². The van der Waals surface area contributed by atoms with Gasteiger partial charge in [-0.2, -0.15) is 0 Å². The Morgan fingerprint density at radius 3 is 1.93 bits per heavy atom. The predicted molar refractivity (Wildman–Crippen MR) is 57.6 cm³/mol. The molecule has 0 bridgehead atoms. The topological polar surface area (TPSA) is 38.9 Å². The highest BCUT2D eigenvalue weighted by Gasteiger charge is 1.87. The zero-order valence-electron chi connectivity index (χ0n) is 8.87. The second-order valence-corrected chi connectivity index (χ2v) is 4.08. The van der Waals surface area contributed by atoms with E-state index in [1.165, 1.54) is 0 Å². The van der Waals surface area contributed by atoms with Crippen molar-refractivity contribution in [2.45, 2.75) is 27.7 Å². The molecule has 0 aromatic carbocycles. The number of nitrogens with zero attached hydrogens (tertiary/aromatic N) is 2. The SMILES string of the molecule is Cc1coc(C)n1.Cc1csc(C)n1. The molecule has 0 fully saturated rings. The van der Waals surface area contributed by atoms with Crippen molar-refractivity contribution in [2.75, 3.05) is 0 Å². The summed E-state index contributed by atoms with van der Waals surface area (Å²) in [7, 11) is 0. The number of hydrogen-bond donors (Lipinski definition) is 0. The fourth-order valence-corrected chi connectivity index (χ4v) is 1.53. The van der Waals surface area contributed by atoms with E-state index in [-0.39, 0.29) is 0 Å². The molecule has 0 saturated heterocycles. The molecule has 0 spiro atoms. The van der Waals surface area contributed by atoms with Crippen LogP contribution in [0.1, 0.15) is 22.3 Å². The Hall–Kier alpha value is -1.16. The Labute approximate surface area is 87.8 Å². The maximum Gasteiger partial charge on any atom is 0.191 e. The molecule has 0 unspecified atom stereocenters. The van der Waals surface area contributed by atoms with Gasteiger partial charge >= 0.3 is 0 Å². The maximum atomic E-state index is 4.85. The summed E-state index contributed by atoms with van der Waals surface area (Å²) in [6, 6.07) is 0. The van der Waals surface area contributed by atoms with Crippen LogP contribution in [0.2, 0.25) is 0 Å². The normalized spacial score (nSPS) is 9.43. The van der Waals surface area contributed by atoms with Gasteiger partial charge in [-0.25, -0.2) is 9.97 Å². The van der Waals surface area contributed by atoms with Crippen LogP contribution in [-0.2, 0) is 0 Å². The van der Waals surface area contributed by atoms with E-state index in [0.29, 0.717) is 0 Å². The molecule has 3 nitrogen and oxygen atoms in total. The molecule has 0 atom stereocenters. The van der Waals surface area contributed by atoms with Gasteiger partial charge in [-0.15, -0.1) is 11.3 Å². The Morgan fingerprint density at radius 2 is 1.79 bits per heavy atom. The van der Waals surface area contributed by atoms with Crippen molar-refractivity contribution in [3.63, 3.8) is 0 Å². The summed E-state index contributed by atoms with van der Waals surface area (Å²) in [5, 5.41) is 3.20. The van der Waals surface area contributed by atoms with Crippen LogP contribution in [0, 0.1) is 27.7 Å². The van der Waals surface area contributed by atoms with Gasteiger partial charge in [0.1, 0.15) is 6.26 Å². The quantitative estimate of drug-likeness (QED) is 0.670. The predicted octanol–water partition coefficient (Wildman–Crippen LogP) is 3.05.